The Hall–Kier alpha value is -2.48. The van der Waals surface area contributed by atoms with Gasteiger partial charge in [-0.05, 0) is 62.4 Å². The van der Waals surface area contributed by atoms with E-state index in [0.717, 1.165) is 19.5 Å². The third-order valence-corrected chi connectivity index (χ3v) is 4.96. The first-order chi connectivity index (χ1) is 12.9. The minimum absolute atomic E-state index is 0.919. The summed E-state index contributed by atoms with van der Waals surface area (Å²) in [6.07, 6.45) is 7.63. The highest BCUT2D eigenvalue weighted by molar-refractivity contribution is 5.54. The molecule has 0 aliphatic rings. The molecule has 0 aliphatic carbocycles. The van der Waals surface area contributed by atoms with Gasteiger partial charge in [0, 0.05) is 39.1 Å². The Morgan fingerprint density at radius 3 is 2.26 bits per heavy atom. The summed E-state index contributed by atoms with van der Waals surface area (Å²) in [7, 11) is 4.19. The first-order valence-corrected chi connectivity index (χ1v) is 9.76. The van der Waals surface area contributed by atoms with Gasteiger partial charge in [0.25, 0.3) is 0 Å². The minimum atomic E-state index is 0.919. The standard InChI is InChI=1S/C25H34N2/c1-7-8-25-17-24(14-11-21(25)3)19-27(18-22(4)26(5)6)16-15-23-12-9-20(2)10-13-23/h7-14,17-18H,15-16,19H2,1-6H3/b8-7-,22-18+. The van der Waals surface area contributed by atoms with Gasteiger partial charge in [-0.25, -0.2) is 0 Å². The van der Waals surface area contributed by atoms with E-state index in [2.05, 4.69) is 112 Å². The van der Waals surface area contributed by atoms with Crippen LogP contribution in [-0.2, 0) is 13.0 Å². The molecule has 0 bridgehead atoms. The van der Waals surface area contributed by atoms with Crippen molar-refractivity contribution in [3.05, 3.63) is 88.3 Å². The van der Waals surface area contributed by atoms with Crippen molar-refractivity contribution < 1.29 is 0 Å². The third-order valence-electron chi connectivity index (χ3n) is 4.96. The number of rotatable bonds is 8. The van der Waals surface area contributed by atoms with Crippen LogP contribution in [0.2, 0.25) is 0 Å². The number of hydrogen-bond donors (Lipinski definition) is 0. The lowest BCUT2D eigenvalue weighted by atomic mass is 10.0. The summed E-state index contributed by atoms with van der Waals surface area (Å²) in [4.78, 5) is 4.60. The molecule has 0 heterocycles. The highest BCUT2D eigenvalue weighted by Gasteiger charge is 2.06. The van der Waals surface area contributed by atoms with Crippen molar-refractivity contribution in [1.29, 1.82) is 0 Å². The number of allylic oxidation sites excluding steroid dienone is 2. The van der Waals surface area contributed by atoms with Crippen LogP contribution in [0.1, 0.15) is 41.7 Å². The minimum Gasteiger partial charge on any atom is -0.380 e. The van der Waals surface area contributed by atoms with Gasteiger partial charge in [0.15, 0.2) is 0 Å². The molecule has 0 saturated heterocycles. The molecule has 0 amide bonds. The average Bonchev–Trinajstić information content (AvgIpc) is 2.63. The van der Waals surface area contributed by atoms with Gasteiger partial charge in [-0.2, -0.15) is 0 Å². The number of aryl methyl sites for hydroxylation is 2. The molecule has 0 atom stereocenters. The zero-order chi connectivity index (χ0) is 19.8. The van der Waals surface area contributed by atoms with Crippen LogP contribution >= 0.6 is 0 Å². The van der Waals surface area contributed by atoms with Crippen LogP contribution in [0.25, 0.3) is 6.08 Å². The zero-order valence-corrected chi connectivity index (χ0v) is 17.8. The summed E-state index contributed by atoms with van der Waals surface area (Å²) in [6.45, 7) is 10.5. The maximum Gasteiger partial charge on any atom is 0.0424 e. The molecule has 144 valence electrons. The SMILES string of the molecule is C/C=C\c1cc(CN(/C=C(\C)N(C)C)CCc2ccc(C)cc2)ccc1C. The van der Waals surface area contributed by atoms with E-state index >= 15 is 0 Å². The second-order valence-corrected chi connectivity index (χ2v) is 7.56. The van der Waals surface area contributed by atoms with E-state index < -0.39 is 0 Å². The molecule has 27 heavy (non-hydrogen) atoms. The van der Waals surface area contributed by atoms with Crippen molar-refractivity contribution in [3.8, 4) is 0 Å². The Labute approximate surface area is 165 Å². The summed E-state index contributed by atoms with van der Waals surface area (Å²) in [6, 6.07) is 15.7. The largest absolute Gasteiger partial charge is 0.380 e. The van der Waals surface area contributed by atoms with Crippen LogP contribution in [0.3, 0.4) is 0 Å². The van der Waals surface area contributed by atoms with Gasteiger partial charge in [-0.1, -0.05) is 54.1 Å². The van der Waals surface area contributed by atoms with Crippen LogP contribution in [0.15, 0.2) is 60.4 Å². The molecular formula is C25H34N2. The number of benzene rings is 2. The summed E-state index contributed by atoms with van der Waals surface area (Å²) < 4.78 is 0. The second-order valence-electron chi connectivity index (χ2n) is 7.56. The van der Waals surface area contributed by atoms with E-state index in [1.54, 1.807) is 0 Å². The van der Waals surface area contributed by atoms with Gasteiger partial charge in [0.05, 0.1) is 0 Å². The summed E-state index contributed by atoms with van der Waals surface area (Å²) >= 11 is 0. The summed E-state index contributed by atoms with van der Waals surface area (Å²) in [5.74, 6) is 0. The Morgan fingerprint density at radius 1 is 0.963 bits per heavy atom. The monoisotopic (exact) mass is 362 g/mol. The fourth-order valence-corrected chi connectivity index (χ4v) is 2.98. The first kappa shape index (κ1) is 20.8. The van der Waals surface area contributed by atoms with E-state index in [1.807, 2.05) is 0 Å². The van der Waals surface area contributed by atoms with Gasteiger partial charge < -0.3 is 9.80 Å². The fraction of sp³-hybridized carbons (Fsp3) is 0.360. The molecule has 0 saturated carbocycles. The first-order valence-electron chi connectivity index (χ1n) is 9.76. The third kappa shape index (κ3) is 6.63. The van der Waals surface area contributed by atoms with Crippen LogP contribution in [0.4, 0.5) is 0 Å². The maximum atomic E-state index is 2.43. The van der Waals surface area contributed by atoms with Crippen LogP contribution in [0.5, 0.6) is 0 Å². The predicted molar refractivity (Wildman–Crippen MR) is 119 cm³/mol. The van der Waals surface area contributed by atoms with Gasteiger partial charge >= 0.3 is 0 Å². The van der Waals surface area contributed by atoms with Crippen LogP contribution in [-0.4, -0.2) is 30.4 Å². The van der Waals surface area contributed by atoms with Crippen molar-refractivity contribution in [3.63, 3.8) is 0 Å². The normalized spacial score (nSPS) is 11.9. The van der Waals surface area contributed by atoms with Crippen molar-refractivity contribution in [1.82, 2.24) is 9.80 Å². The number of nitrogens with zero attached hydrogens (tertiary/aromatic N) is 2. The van der Waals surface area contributed by atoms with E-state index in [0.29, 0.717) is 0 Å². The molecule has 0 N–H and O–H groups in total. The van der Waals surface area contributed by atoms with E-state index in [4.69, 9.17) is 0 Å². The lowest BCUT2D eigenvalue weighted by Gasteiger charge is -2.24. The molecule has 2 nitrogen and oxygen atoms in total. The Balaban J connectivity index is 2.18. The Kier molecular flexibility index (Phi) is 7.72. The highest BCUT2D eigenvalue weighted by atomic mass is 15.1. The smallest absolute Gasteiger partial charge is 0.0424 e. The highest BCUT2D eigenvalue weighted by Crippen LogP contribution is 2.16. The fourth-order valence-electron chi connectivity index (χ4n) is 2.98. The summed E-state index contributed by atoms with van der Waals surface area (Å²) in [5, 5.41) is 0. The van der Waals surface area contributed by atoms with E-state index in [1.165, 1.54) is 33.5 Å². The molecular weight excluding hydrogens is 328 g/mol. The van der Waals surface area contributed by atoms with Crippen molar-refractivity contribution >= 4 is 6.08 Å². The molecule has 0 radical (unpaired) electrons. The lowest BCUT2D eigenvalue weighted by molar-refractivity contribution is 0.357. The van der Waals surface area contributed by atoms with E-state index in [9.17, 15) is 0 Å². The van der Waals surface area contributed by atoms with Crippen molar-refractivity contribution in [2.75, 3.05) is 20.6 Å². The van der Waals surface area contributed by atoms with Gasteiger partial charge in [0.1, 0.15) is 0 Å². The topological polar surface area (TPSA) is 6.48 Å². The Bertz CT molecular complexity index is 782. The molecule has 0 fully saturated rings. The molecule has 2 aromatic rings. The molecule has 2 rings (SSSR count). The van der Waals surface area contributed by atoms with Gasteiger partial charge in [-0.3, -0.25) is 0 Å². The average molecular weight is 363 g/mol. The lowest BCUT2D eigenvalue weighted by Crippen LogP contribution is -2.22. The van der Waals surface area contributed by atoms with Crippen molar-refractivity contribution in [2.24, 2.45) is 0 Å². The predicted octanol–water partition coefficient (Wildman–Crippen LogP) is 5.80. The molecule has 0 spiro atoms. The van der Waals surface area contributed by atoms with Crippen LogP contribution < -0.4 is 0 Å². The van der Waals surface area contributed by atoms with Crippen molar-refractivity contribution in [2.45, 2.75) is 40.7 Å². The molecule has 2 aromatic carbocycles. The summed E-state index contributed by atoms with van der Waals surface area (Å²) in [5.41, 5.74) is 7.94. The maximum absolute atomic E-state index is 2.43. The number of hydrogen-bond acceptors (Lipinski definition) is 2. The Morgan fingerprint density at radius 2 is 1.63 bits per heavy atom. The molecule has 0 unspecified atom stereocenters. The zero-order valence-electron chi connectivity index (χ0n) is 17.8. The van der Waals surface area contributed by atoms with E-state index in [-0.39, 0.29) is 0 Å². The van der Waals surface area contributed by atoms with Crippen LogP contribution in [0, 0.1) is 13.8 Å². The molecule has 0 aliphatic heterocycles. The molecule has 2 heteroatoms. The molecule has 0 aromatic heterocycles. The second kappa shape index (κ2) is 10.0. The quantitative estimate of drug-likeness (QED) is 0.585. The van der Waals surface area contributed by atoms with Gasteiger partial charge in [-0.15, -0.1) is 0 Å². The van der Waals surface area contributed by atoms with Gasteiger partial charge in [0.2, 0.25) is 0 Å².